The number of carbonyl (C=O) groups excluding carboxylic acids is 2. The number of halogens is 1. The van der Waals surface area contributed by atoms with E-state index in [9.17, 15) is 18.0 Å². The molecule has 1 saturated carbocycles. The minimum atomic E-state index is -4.31. The van der Waals surface area contributed by atoms with E-state index in [1.807, 2.05) is 30.3 Å². The van der Waals surface area contributed by atoms with Gasteiger partial charge < -0.3 is 19.7 Å². The van der Waals surface area contributed by atoms with E-state index in [4.69, 9.17) is 21.1 Å². The Balaban J connectivity index is 1.58. The minimum absolute atomic E-state index is 0.00698. The fourth-order valence-corrected chi connectivity index (χ4v) is 7.66. The zero-order chi connectivity index (χ0) is 34.8. The summed E-state index contributed by atoms with van der Waals surface area (Å²) in [6, 6.07) is 28.2. The van der Waals surface area contributed by atoms with Gasteiger partial charge in [-0.1, -0.05) is 85.5 Å². The number of amides is 2. The third-order valence-corrected chi connectivity index (χ3v) is 10.8. The summed E-state index contributed by atoms with van der Waals surface area (Å²) >= 11 is 6.19. The summed E-state index contributed by atoms with van der Waals surface area (Å²) in [5.74, 6) is -0.0779. The van der Waals surface area contributed by atoms with Crippen molar-refractivity contribution in [1.29, 1.82) is 0 Å². The summed E-state index contributed by atoms with van der Waals surface area (Å²) in [5.41, 5.74) is 1.79. The largest absolute Gasteiger partial charge is 0.497 e. The molecule has 1 N–H and O–H groups in total. The average Bonchev–Trinajstić information content (AvgIpc) is 3.13. The predicted octanol–water partition coefficient (Wildman–Crippen LogP) is 6.64. The van der Waals surface area contributed by atoms with Crippen molar-refractivity contribution >= 4 is 39.1 Å². The van der Waals surface area contributed by atoms with Crippen molar-refractivity contribution in [3.63, 3.8) is 0 Å². The lowest BCUT2D eigenvalue weighted by Gasteiger charge is -2.35. The number of hydrogen-bond acceptors (Lipinski definition) is 6. The average molecular weight is 704 g/mol. The van der Waals surface area contributed by atoms with Crippen LogP contribution in [0.1, 0.15) is 43.2 Å². The standard InChI is InChI=1S/C38H42ClN3O6S/c1-47-32-21-23-33(24-22-32)49(45,46)42(34-15-9-10-16-36(34)48-2)27-37(43)41(26-29-17-19-30(39)20-18-29)35(25-28-11-5-3-6-12-28)38(44)40-31-13-7-4-8-14-31/h3,5-6,9-12,15-24,31,35H,4,7-8,13-14,25-27H2,1-2H3,(H,40,44). The Bertz CT molecular complexity index is 1800. The minimum Gasteiger partial charge on any atom is -0.497 e. The zero-order valence-electron chi connectivity index (χ0n) is 27.8. The van der Waals surface area contributed by atoms with Gasteiger partial charge in [0.15, 0.2) is 0 Å². The number of nitrogens with one attached hydrogen (secondary N) is 1. The van der Waals surface area contributed by atoms with Gasteiger partial charge in [-0.15, -0.1) is 0 Å². The van der Waals surface area contributed by atoms with Crippen LogP contribution in [0.5, 0.6) is 11.5 Å². The fourth-order valence-electron chi connectivity index (χ4n) is 6.11. The van der Waals surface area contributed by atoms with Gasteiger partial charge in [-0.3, -0.25) is 13.9 Å². The molecule has 0 heterocycles. The highest BCUT2D eigenvalue weighted by molar-refractivity contribution is 7.92. The van der Waals surface area contributed by atoms with Gasteiger partial charge in [0, 0.05) is 24.0 Å². The zero-order valence-corrected chi connectivity index (χ0v) is 29.3. The van der Waals surface area contributed by atoms with Crippen LogP contribution in [0.15, 0.2) is 108 Å². The third kappa shape index (κ3) is 9.13. The Hall–Kier alpha value is -4.54. The van der Waals surface area contributed by atoms with Crippen LogP contribution in [0.4, 0.5) is 5.69 Å². The van der Waals surface area contributed by atoms with E-state index < -0.39 is 28.5 Å². The molecule has 0 saturated heterocycles. The summed E-state index contributed by atoms with van der Waals surface area (Å²) in [4.78, 5) is 30.5. The van der Waals surface area contributed by atoms with Crippen molar-refractivity contribution in [2.75, 3.05) is 25.1 Å². The number of ether oxygens (including phenoxy) is 2. The lowest BCUT2D eigenvalue weighted by Crippen LogP contribution is -2.55. The smallest absolute Gasteiger partial charge is 0.264 e. The van der Waals surface area contributed by atoms with Gasteiger partial charge in [-0.25, -0.2) is 8.42 Å². The van der Waals surface area contributed by atoms with Gasteiger partial charge in [0.1, 0.15) is 24.1 Å². The first-order valence-electron chi connectivity index (χ1n) is 16.4. The maximum absolute atomic E-state index is 14.8. The Kier molecular flexibility index (Phi) is 12.2. The van der Waals surface area contributed by atoms with Crippen molar-refractivity contribution in [1.82, 2.24) is 10.2 Å². The second-order valence-electron chi connectivity index (χ2n) is 12.1. The number of nitrogens with zero attached hydrogens (tertiary/aromatic N) is 2. The van der Waals surface area contributed by atoms with E-state index in [2.05, 4.69) is 5.32 Å². The number of para-hydroxylation sites is 2. The molecule has 1 fully saturated rings. The number of carbonyl (C=O) groups is 2. The van der Waals surface area contributed by atoms with Crippen LogP contribution in [0, 0.1) is 0 Å². The maximum Gasteiger partial charge on any atom is 0.264 e. The molecule has 1 atom stereocenters. The molecule has 0 aromatic heterocycles. The van der Waals surface area contributed by atoms with E-state index in [1.165, 1.54) is 31.3 Å². The number of sulfonamides is 1. The monoisotopic (exact) mass is 703 g/mol. The number of anilines is 1. The van der Waals surface area contributed by atoms with Gasteiger partial charge in [0.05, 0.1) is 24.8 Å². The molecule has 4 aromatic rings. The van der Waals surface area contributed by atoms with Crippen molar-refractivity contribution in [2.45, 2.75) is 62.0 Å². The Labute approximate surface area is 293 Å². The summed E-state index contributed by atoms with van der Waals surface area (Å²) in [6.45, 7) is -0.543. The van der Waals surface area contributed by atoms with Crippen LogP contribution in [0.25, 0.3) is 0 Å². The quantitative estimate of drug-likeness (QED) is 0.158. The third-order valence-electron chi connectivity index (χ3n) is 8.77. The molecule has 49 heavy (non-hydrogen) atoms. The van der Waals surface area contributed by atoms with Crippen LogP contribution in [-0.4, -0.2) is 58.0 Å². The van der Waals surface area contributed by atoms with E-state index in [1.54, 1.807) is 60.7 Å². The van der Waals surface area contributed by atoms with Crippen LogP contribution in [0.3, 0.4) is 0 Å². The van der Waals surface area contributed by atoms with Crippen molar-refractivity contribution in [3.05, 3.63) is 119 Å². The Morgan fingerprint density at radius 1 is 0.816 bits per heavy atom. The molecule has 1 aliphatic rings. The van der Waals surface area contributed by atoms with Crippen LogP contribution >= 0.6 is 11.6 Å². The van der Waals surface area contributed by atoms with Gasteiger partial charge in [0.25, 0.3) is 10.0 Å². The molecule has 4 aromatic carbocycles. The molecule has 1 aliphatic carbocycles. The van der Waals surface area contributed by atoms with Gasteiger partial charge >= 0.3 is 0 Å². The Morgan fingerprint density at radius 2 is 1.47 bits per heavy atom. The first-order valence-corrected chi connectivity index (χ1v) is 18.2. The second-order valence-corrected chi connectivity index (χ2v) is 14.4. The van der Waals surface area contributed by atoms with E-state index >= 15 is 0 Å². The van der Waals surface area contributed by atoms with E-state index in [0.29, 0.717) is 10.8 Å². The molecule has 0 spiro atoms. The fraction of sp³-hybridized carbons (Fsp3) is 0.316. The van der Waals surface area contributed by atoms with Crippen LogP contribution < -0.4 is 19.1 Å². The summed E-state index contributed by atoms with van der Waals surface area (Å²) in [5, 5.41) is 3.75. The molecular formula is C38H42ClN3O6S. The normalized spacial score (nSPS) is 14.0. The van der Waals surface area contributed by atoms with Gasteiger partial charge in [-0.05, 0) is 72.5 Å². The van der Waals surface area contributed by atoms with Crippen molar-refractivity contribution in [2.24, 2.45) is 0 Å². The predicted molar refractivity (Wildman–Crippen MR) is 191 cm³/mol. The van der Waals surface area contributed by atoms with E-state index in [-0.39, 0.29) is 41.2 Å². The highest BCUT2D eigenvalue weighted by Gasteiger charge is 2.36. The molecule has 0 aliphatic heterocycles. The lowest BCUT2D eigenvalue weighted by atomic mass is 9.94. The number of methoxy groups -OCH3 is 2. The summed E-state index contributed by atoms with van der Waals surface area (Å²) in [6.07, 6.45) is 5.16. The molecule has 258 valence electrons. The number of benzene rings is 4. The SMILES string of the molecule is COc1ccc(S(=O)(=O)N(CC(=O)N(Cc2ccc(Cl)cc2)C(Cc2ccccc2)C(=O)NC2CCCCC2)c2ccccc2OC)cc1. The van der Waals surface area contributed by atoms with Crippen molar-refractivity contribution < 1.29 is 27.5 Å². The van der Waals surface area contributed by atoms with Gasteiger partial charge in [-0.2, -0.15) is 0 Å². The highest BCUT2D eigenvalue weighted by Crippen LogP contribution is 2.33. The molecule has 0 bridgehead atoms. The molecule has 0 radical (unpaired) electrons. The van der Waals surface area contributed by atoms with Gasteiger partial charge in [0.2, 0.25) is 11.8 Å². The first kappa shape index (κ1) is 35.8. The van der Waals surface area contributed by atoms with E-state index in [0.717, 1.165) is 47.5 Å². The van der Waals surface area contributed by atoms with Crippen LogP contribution in [-0.2, 0) is 32.6 Å². The molecule has 5 rings (SSSR count). The molecular weight excluding hydrogens is 662 g/mol. The molecule has 9 nitrogen and oxygen atoms in total. The highest BCUT2D eigenvalue weighted by atomic mass is 35.5. The number of hydrogen-bond donors (Lipinski definition) is 1. The maximum atomic E-state index is 14.8. The summed E-state index contributed by atoms with van der Waals surface area (Å²) in [7, 11) is -1.38. The molecule has 11 heteroatoms. The lowest BCUT2D eigenvalue weighted by molar-refractivity contribution is -0.140. The second kappa shape index (κ2) is 16.7. The van der Waals surface area contributed by atoms with Crippen LogP contribution in [0.2, 0.25) is 5.02 Å². The molecule has 1 unspecified atom stereocenters. The van der Waals surface area contributed by atoms with Crippen molar-refractivity contribution in [3.8, 4) is 11.5 Å². The first-order chi connectivity index (χ1) is 23.7. The topological polar surface area (TPSA) is 105 Å². The summed E-state index contributed by atoms with van der Waals surface area (Å²) < 4.78 is 40.6. The Morgan fingerprint density at radius 3 is 2.12 bits per heavy atom. The molecule has 2 amide bonds. The number of rotatable bonds is 14.